The first kappa shape index (κ1) is 12.8. The number of nitrogens with one attached hydrogen (secondary N) is 1. The standard InChI is InChI=1S/C14H12N2O3S/c17-12-7-8-3-1-2-4-9(8)14(19)16(12)10-5-6-11(20)15-13(10)18/h1-4,7,10,19H,5-6H2,(H,15,18,20). The van der Waals surface area contributed by atoms with Crippen molar-refractivity contribution in [2.75, 3.05) is 0 Å². The summed E-state index contributed by atoms with van der Waals surface area (Å²) in [4.78, 5) is 24.6. The molecule has 1 aromatic heterocycles. The molecule has 2 aromatic rings. The van der Waals surface area contributed by atoms with E-state index in [1.807, 2.05) is 0 Å². The third-order valence-electron chi connectivity index (χ3n) is 3.47. The highest BCUT2D eigenvalue weighted by atomic mass is 32.1. The van der Waals surface area contributed by atoms with Gasteiger partial charge in [0.25, 0.3) is 5.56 Å². The number of carbonyl (C=O) groups excluding carboxylic acids is 1. The molecule has 0 bridgehead atoms. The normalized spacial score (nSPS) is 19.1. The molecule has 0 aliphatic carbocycles. The smallest absolute Gasteiger partial charge is 0.254 e. The summed E-state index contributed by atoms with van der Waals surface area (Å²) in [5.74, 6) is -0.532. The number of benzene rings is 1. The Morgan fingerprint density at radius 1 is 1.30 bits per heavy atom. The molecular formula is C14H12N2O3S. The van der Waals surface area contributed by atoms with Gasteiger partial charge in [0.1, 0.15) is 6.04 Å². The summed E-state index contributed by atoms with van der Waals surface area (Å²) in [6.45, 7) is 0. The zero-order chi connectivity index (χ0) is 14.3. The van der Waals surface area contributed by atoms with E-state index in [0.717, 1.165) is 4.57 Å². The second-order valence-electron chi connectivity index (χ2n) is 4.73. The van der Waals surface area contributed by atoms with E-state index in [-0.39, 0.29) is 11.8 Å². The second-order valence-corrected chi connectivity index (χ2v) is 5.22. The summed E-state index contributed by atoms with van der Waals surface area (Å²) in [5, 5.41) is 14.1. The molecule has 102 valence electrons. The molecule has 1 aliphatic heterocycles. The van der Waals surface area contributed by atoms with Crippen LogP contribution in [0.1, 0.15) is 18.9 Å². The number of amides is 1. The molecule has 1 aromatic carbocycles. The van der Waals surface area contributed by atoms with Crippen LogP contribution in [-0.4, -0.2) is 20.6 Å². The van der Waals surface area contributed by atoms with Gasteiger partial charge in [0.2, 0.25) is 11.8 Å². The molecule has 2 heterocycles. The molecule has 20 heavy (non-hydrogen) atoms. The van der Waals surface area contributed by atoms with E-state index < -0.39 is 11.6 Å². The molecule has 2 N–H and O–H groups in total. The van der Waals surface area contributed by atoms with Crippen molar-refractivity contribution in [2.24, 2.45) is 0 Å². The molecule has 3 rings (SSSR count). The van der Waals surface area contributed by atoms with Crippen molar-refractivity contribution in [3.05, 3.63) is 40.7 Å². The van der Waals surface area contributed by atoms with Gasteiger partial charge in [0.15, 0.2) is 0 Å². The molecule has 1 saturated heterocycles. The molecule has 6 heteroatoms. The SMILES string of the molecule is O=C1NC(=S)CCC1n1c(O)c2ccccc2cc1=O. The van der Waals surface area contributed by atoms with Gasteiger partial charge < -0.3 is 10.4 Å². The van der Waals surface area contributed by atoms with E-state index in [2.05, 4.69) is 5.32 Å². The predicted octanol–water partition coefficient (Wildman–Crippen LogP) is 1.49. The zero-order valence-corrected chi connectivity index (χ0v) is 11.3. The van der Waals surface area contributed by atoms with Crippen molar-refractivity contribution in [3.8, 4) is 5.88 Å². The number of nitrogens with zero attached hydrogens (tertiary/aromatic N) is 1. The molecular weight excluding hydrogens is 276 g/mol. The average molecular weight is 288 g/mol. The maximum atomic E-state index is 12.2. The minimum absolute atomic E-state index is 0.180. The van der Waals surface area contributed by atoms with Crippen LogP contribution in [0, 0.1) is 0 Å². The fraction of sp³-hybridized carbons (Fsp3) is 0.214. The van der Waals surface area contributed by atoms with Gasteiger partial charge in [-0.15, -0.1) is 0 Å². The Hall–Kier alpha value is -2.21. The first-order valence-electron chi connectivity index (χ1n) is 6.25. The molecule has 0 saturated carbocycles. The summed E-state index contributed by atoms with van der Waals surface area (Å²) < 4.78 is 1.14. The molecule has 5 nitrogen and oxygen atoms in total. The van der Waals surface area contributed by atoms with Crippen LogP contribution in [-0.2, 0) is 4.79 Å². The van der Waals surface area contributed by atoms with Crippen LogP contribution in [0.3, 0.4) is 0 Å². The van der Waals surface area contributed by atoms with Crippen LogP contribution < -0.4 is 10.9 Å². The zero-order valence-electron chi connectivity index (χ0n) is 10.5. The van der Waals surface area contributed by atoms with E-state index in [9.17, 15) is 14.7 Å². The quantitative estimate of drug-likeness (QED) is 0.780. The summed E-state index contributed by atoms with van der Waals surface area (Å²) >= 11 is 4.95. The number of pyridine rings is 1. The minimum atomic E-state index is -0.723. The van der Waals surface area contributed by atoms with Gasteiger partial charge in [-0.2, -0.15) is 0 Å². The van der Waals surface area contributed by atoms with Crippen LogP contribution >= 0.6 is 12.2 Å². The van der Waals surface area contributed by atoms with Crippen molar-refractivity contribution in [2.45, 2.75) is 18.9 Å². The Morgan fingerprint density at radius 2 is 2.05 bits per heavy atom. The summed E-state index contributed by atoms with van der Waals surface area (Å²) in [6.07, 6.45) is 0.931. The molecule has 1 unspecified atom stereocenters. The lowest BCUT2D eigenvalue weighted by Crippen LogP contribution is -2.43. The van der Waals surface area contributed by atoms with Crippen LogP contribution in [0.15, 0.2) is 35.1 Å². The van der Waals surface area contributed by atoms with Gasteiger partial charge in [0.05, 0.1) is 4.99 Å². The monoisotopic (exact) mass is 288 g/mol. The van der Waals surface area contributed by atoms with Crippen molar-refractivity contribution >= 4 is 33.9 Å². The Labute approximate surface area is 119 Å². The van der Waals surface area contributed by atoms with E-state index in [1.54, 1.807) is 24.3 Å². The number of aromatic hydroxyl groups is 1. The topological polar surface area (TPSA) is 71.3 Å². The Kier molecular flexibility index (Phi) is 3.02. The van der Waals surface area contributed by atoms with Crippen molar-refractivity contribution in [1.29, 1.82) is 0 Å². The summed E-state index contributed by atoms with van der Waals surface area (Å²) in [7, 11) is 0. The number of thiocarbonyl (C=S) groups is 1. The lowest BCUT2D eigenvalue weighted by Gasteiger charge is -2.25. The lowest BCUT2D eigenvalue weighted by atomic mass is 10.1. The number of carbonyl (C=O) groups is 1. The van der Waals surface area contributed by atoms with Crippen LogP contribution in [0.25, 0.3) is 10.8 Å². The summed E-state index contributed by atoms with van der Waals surface area (Å²) in [6, 6.07) is 7.72. The van der Waals surface area contributed by atoms with E-state index in [0.29, 0.717) is 28.6 Å². The molecule has 0 radical (unpaired) electrons. The third-order valence-corrected chi connectivity index (χ3v) is 3.77. The van der Waals surface area contributed by atoms with E-state index >= 15 is 0 Å². The van der Waals surface area contributed by atoms with Crippen LogP contribution in [0.2, 0.25) is 0 Å². The Morgan fingerprint density at radius 3 is 2.80 bits per heavy atom. The van der Waals surface area contributed by atoms with Crippen molar-refractivity contribution in [3.63, 3.8) is 0 Å². The summed E-state index contributed by atoms with van der Waals surface area (Å²) in [5.41, 5.74) is -0.394. The van der Waals surface area contributed by atoms with Gasteiger partial charge in [-0.25, -0.2) is 0 Å². The third kappa shape index (κ3) is 1.98. The highest BCUT2D eigenvalue weighted by Gasteiger charge is 2.29. The molecule has 0 spiro atoms. The molecule has 1 aliphatic rings. The van der Waals surface area contributed by atoms with Crippen LogP contribution in [0.5, 0.6) is 5.88 Å². The average Bonchev–Trinajstić information content (AvgIpc) is 2.41. The second kappa shape index (κ2) is 4.72. The van der Waals surface area contributed by atoms with E-state index in [1.165, 1.54) is 6.07 Å². The maximum Gasteiger partial charge on any atom is 0.254 e. The Bertz CT molecular complexity index is 782. The first-order chi connectivity index (χ1) is 9.58. The predicted molar refractivity (Wildman–Crippen MR) is 78.9 cm³/mol. The number of hydrogen-bond donors (Lipinski definition) is 2. The maximum absolute atomic E-state index is 12.2. The minimum Gasteiger partial charge on any atom is -0.494 e. The van der Waals surface area contributed by atoms with Gasteiger partial charge in [-0.05, 0) is 17.9 Å². The van der Waals surface area contributed by atoms with Crippen LogP contribution in [0.4, 0.5) is 0 Å². The van der Waals surface area contributed by atoms with Crippen molar-refractivity contribution < 1.29 is 9.90 Å². The number of hydrogen-bond acceptors (Lipinski definition) is 4. The highest BCUT2D eigenvalue weighted by molar-refractivity contribution is 7.80. The number of piperidine rings is 1. The fourth-order valence-electron chi connectivity index (χ4n) is 2.49. The molecule has 1 fully saturated rings. The number of rotatable bonds is 1. The molecule has 1 amide bonds. The van der Waals surface area contributed by atoms with E-state index in [4.69, 9.17) is 12.2 Å². The largest absolute Gasteiger partial charge is 0.494 e. The van der Waals surface area contributed by atoms with Gasteiger partial charge in [-0.1, -0.05) is 30.4 Å². The Balaban J connectivity index is 2.19. The molecule has 1 atom stereocenters. The lowest BCUT2D eigenvalue weighted by molar-refractivity contribution is -0.123. The number of aromatic nitrogens is 1. The number of fused-ring (bicyclic) bond motifs is 1. The fourth-order valence-corrected chi connectivity index (χ4v) is 2.71. The van der Waals surface area contributed by atoms with Gasteiger partial charge in [0, 0.05) is 17.9 Å². The van der Waals surface area contributed by atoms with Gasteiger partial charge in [-0.3, -0.25) is 14.2 Å². The van der Waals surface area contributed by atoms with Gasteiger partial charge >= 0.3 is 0 Å². The van der Waals surface area contributed by atoms with Crippen molar-refractivity contribution in [1.82, 2.24) is 9.88 Å². The first-order valence-corrected chi connectivity index (χ1v) is 6.65. The highest BCUT2D eigenvalue weighted by Crippen LogP contribution is 2.28.